The van der Waals surface area contributed by atoms with Crippen LogP contribution in [0.15, 0.2) is 72.8 Å². The highest BCUT2D eigenvalue weighted by Gasteiger charge is 2.30. The van der Waals surface area contributed by atoms with Crippen LogP contribution in [0.2, 0.25) is 0 Å². The van der Waals surface area contributed by atoms with Crippen LogP contribution in [0.5, 0.6) is 0 Å². The van der Waals surface area contributed by atoms with Crippen molar-refractivity contribution in [2.24, 2.45) is 0 Å². The summed E-state index contributed by atoms with van der Waals surface area (Å²) in [5, 5.41) is 0. The molecule has 150 valence electrons. The molecule has 3 nitrogen and oxygen atoms in total. The Morgan fingerprint density at radius 3 is 2.29 bits per heavy atom. The molecule has 1 aliphatic heterocycles. The zero-order chi connectivity index (χ0) is 19.6. The van der Waals surface area contributed by atoms with E-state index in [0.717, 1.165) is 24.2 Å². The summed E-state index contributed by atoms with van der Waals surface area (Å²) in [6.07, 6.45) is 2.01. The first-order valence-corrected chi connectivity index (χ1v) is 10.9. The summed E-state index contributed by atoms with van der Waals surface area (Å²) in [6, 6.07) is 20.6. The average molecular weight is 399 g/mol. The topological polar surface area (TPSA) is 27.7 Å². The Morgan fingerprint density at radius 1 is 1.00 bits per heavy atom. The van der Waals surface area contributed by atoms with Gasteiger partial charge in [-0.25, -0.2) is 0 Å². The van der Waals surface area contributed by atoms with Crippen molar-refractivity contribution in [2.75, 3.05) is 12.4 Å². The predicted octanol–water partition coefficient (Wildman–Crippen LogP) is 5.60. The summed E-state index contributed by atoms with van der Waals surface area (Å²) in [6.45, 7) is 7.90. The smallest absolute Gasteiger partial charge is 0.106 e. The fraction of sp³-hybridized carbons (Fsp3) is 0.417. The average Bonchev–Trinajstić information content (AvgIpc) is 2.72. The van der Waals surface area contributed by atoms with Gasteiger partial charge in [0.1, 0.15) is 5.44 Å². The molecule has 0 aliphatic carbocycles. The van der Waals surface area contributed by atoms with Crippen molar-refractivity contribution in [1.82, 2.24) is 0 Å². The summed E-state index contributed by atoms with van der Waals surface area (Å²) < 4.78 is 18.4. The lowest BCUT2D eigenvalue weighted by Gasteiger charge is -2.35. The minimum absolute atomic E-state index is 0.0563. The van der Waals surface area contributed by atoms with E-state index >= 15 is 0 Å². The highest BCUT2D eigenvalue weighted by molar-refractivity contribution is 7.99. The van der Waals surface area contributed by atoms with E-state index in [-0.39, 0.29) is 17.6 Å². The lowest BCUT2D eigenvalue weighted by Crippen LogP contribution is -2.38. The van der Waals surface area contributed by atoms with E-state index in [0.29, 0.717) is 19.8 Å². The Balaban J connectivity index is 1.51. The summed E-state index contributed by atoms with van der Waals surface area (Å²) >= 11 is 1.81. The molecule has 0 saturated carbocycles. The molecule has 2 aromatic rings. The van der Waals surface area contributed by atoms with Gasteiger partial charge < -0.3 is 14.2 Å². The highest BCUT2D eigenvalue weighted by Crippen LogP contribution is 2.30. The second kappa shape index (κ2) is 11.4. The molecule has 0 radical (unpaired) electrons. The number of hydrogen-bond donors (Lipinski definition) is 0. The molecule has 1 fully saturated rings. The molecule has 3 unspecified atom stereocenters. The van der Waals surface area contributed by atoms with Gasteiger partial charge in [-0.3, -0.25) is 0 Å². The lowest BCUT2D eigenvalue weighted by molar-refractivity contribution is -0.114. The van der Waals surface area contributed by atoms with E-state index in [1.54, 1.807) is 0 Å². The molecule has 1 saturated heterocycles. The van der Waals surface area contributed by atoms with Crippen molar-refractivity contribution in [3.63, 3.8) is 0 Å². The Bertz CT molecular complexity index is 704. The highest BCUT2D eigenvalue weighted by atomic mass is 32.2. The third kappa shape index (κ3) is 7.44. The standard InChI is InChI=1S/C24H30O3S/c1-19(2)18-28-24-14-22(26-16-21-11-7-4-8-12-21)13-23(27-24)17-25-15-20-9-5-3-6-10-20/h3-12,22-24H,1,13-18H2,2H3. The second-order valence-electron chi connectivity index (χ2n) is 7.35. The van der Waals surface area contributed by atoms with Crippen molar-refractivity contribution < 1.29 is 14.2 Å². The normalized spacial score (nSPS) is 22.1. The van der Waals surface area contributed by atoms with Crippen LogP contribution < -0.4 is 0 Å². The van der Waals surface area contributed by atoms with Crippen LogP contribution in [-0.4, -0.2) is 30.0 Å². The van der Waals surface area contributed by atoms with Gasteiger partial charge in [0.2, 0.25) is 0 Å². The van der Waals surface area contributed by atoms with Gasteiger partial charge in [0.25, 0.3) is 0 Å². The fourth-order valence-corrected chi connectivity index (χ4v) is 4.24. The predicted molar refractivity (Wildman–Crippen MR) is 116 cm³/mol. The van der Waals surface area contributed by atoms with E-state index in [4.69, 9.17) is 14.2 Å². The second-order valence-corrected chi connectivity index (χ2v) is 8.49. The van der Waals surface area contributed by atoms with Crippen LogP contribution in [0.4, 0.5) is 0 Å². The molecule has 28 heavy (non-hydrogen) atoms. The number of hydrogen-bond acceptors (Lipinski definition) is 4. The van der Waals surface area contributed by atoms with Crippen LogP contribution in [0, 0.1) is 0 Å². The molecule has 0 N–H and O–H groups in total. The third-order valence-electron chi connectivity index (χ3n) is 4.58. The molecule has 3 atom stereocenters. The third-order valence-corrected chi connectivity index (χ3v) is 5.92. The van der Waals surface area contributed by atoms with Gasteiger partial charge in [0.05, 0.1) is 32.0 Å². The minimum atomic E-state index is 0.0563. The molecular formula is C24H30O3S. The maximum atomic E-state index is 6.27. The van der Waals surface area contributed by atoms with Gasteiger partial charge in [0.15, 0.2) is 0 Å². The van der Waals surface area contributed by atoms with Crippen LogP contribution >= 0.6 is 11.8 Å². The molecule has 0 amide bonds. The Kier molecular flexibility index (Phi) is 8.62. The van der Waals surface area contributed by atoms with E-state index in [1.807, 2.05) is 36.0 Å². The number of benzene rings is 2. The lowest BCUT2D eigenvalue weighted by atomic mass is 10.1. The van der Waals surface area contributed by atoms with E-state index in [1.165, 1.54) is 11.1 Å². The molecular weight excluding hydrogens is 368 g/mol. The molecule has 3 rings (SSSR count). The van der Waals surface area contributed by atoms with E-state index in [9.17, 15) is 0 Å². The molecule has 4 heteroatoms. The summed E-state index contributed by atoms with van der Waals surface area (Å²) in [5.41, 5.74) is 3.68. The van der Waals surface area contributed by atoms with Crippen molar-refractivity contribution in [1.29, 1.82) is 0 Å². The molecule has 2 aromatic carbocycles. The fourth-order valence-electron chi connectivity index (χ4n) is 3.19. The quantitative estimate of drug-likeness (QED) is 0.487. The minimum Gasteiger partial charge on any atom is -0.374 e. The summed E-state index contributed by atoms with van der Waals surface area (Å²) in [5.74, 6) is 0.910. The van der Waals surface area contributed by atoms with Gasteiger partial charge in [0, 0.05) is 18.6 Å². The maximum Gasteiger partial charge on any atom is 0.106 e. The van der Waals surface area contributed by atoms with Gasteiger partial charge in [-0.2, -0.15) is 0 Å². The van der Waals surface area contributed by atoms with E-state index in [2.05, 4.69) is 49.9 Å². The summed E-state index contributed by atoms with van der Waals surface area (Å²) in [4.78, 5) is 0. The first-order chi connectivity index (χ1) is 13.7. The molecule has 1 heterocycles. The first kappa shape index (κ1) is 21.1. The monoisotopic (exact) mass is 398 g/mol. The van der Waals surface area contributed by atoms with Crippen LogP contribution in [0.3, 0.4) is 0 Å². The van der Waals surface area contributed by atoms with Crippen LogP contribution in [0.25, 0.3) is 0 Å². The zero-order valence-corrected chi connectivity index (χ0v) is 17.4. The van der Waals surface area contributed by atoms with Gasteiger partial charge >= 0.3 is 0 Å². The Hall–Kier alpha value is -1.59. The van der Waals surface area contributed by atoms with Gasteiger partial charge in [-0.1, -0.05) is 72.8 Å². The number of rotatable bonds is 10. The SMILES string of the molecule is C=C(C)CSC1CC(OCc2ccccc2)CC(COCc2ccccc2)O1. The maximum absolute atomic E-state index is 6.27. The van der Waals surface area contributed by atoms with Crippen molar-refractivity contribution in [2.45, 2.75) is 50.6 Å². The molecule has 0 spiro atoms. The Labute approximate surface area is 173 Å². The van der Waals surface area contributed by atoms with Crippen molar-refractivity contribution >= 4 is 11.8 Å². The summed E-state index contributed by atoms with van der Waals surface area (Å²) in [7, 11) is 0. The number of thioether (sulfide) groups is 1. The van der Waals surface area contributed by atoms with Gasteiger partial charge in [-0.15, -0.1) is 11.8 Å². The number of ether oxygens (including phenoxy) is 3. The molecule has 0 bridgehead atoms. The molecule has 1 aliphatic rings. The first-order valence-electron chi connectivity index (χ1n) is 9.87. The van der Waals surface area contributed by atoms with Crippen LogP contribution in [0.1, 0.15) is 30.9 Å². The largest absolute Gasteiger partial charge is 0.374 e. The van der Waals surface area contributed by atoms with Crippen molar-refractivity contribution in [3.8, 4) is 0 Å². The van der Waals surface area contributed by atoms with E-state index < -0.39 is 0 Å². The molecule has 0 aromatic heterocycles. The van der Waals surface area contributed by atoms with Crippen LogP contribution in [-0.2, 0) is 27.4 Å². The Morgan fingerprint density at radius 2 is 1.64 bits per heavy atom. The zero-order valence-electron chi connectivity index (χ0n) is 16.6. The van der Waals surface area contributed by atoms with Gasteiger partial charge in [-0.05, 0) is 18.1 Å². The van der Waals surface area contributed by atoms with Crippen molar-refractivity contribution in [3.05, 3.63) is 83.9 Å².